The van der Waals surface area contributed by atoms with Crippen molar-refractivity contribution in [2.75, 3.05) is 5.32 Å². The molecule has 3 atom stereocenters. The molecule has 122 valence electrons. The fraction of sp³-hybridized carbons (Fsp3) is 0.500. The van der Waals surface area contributed by atoms with Crippen LogP contribution in [-0.2, 0) is 9.59 Å². The number of carbonyl (C=O) groups is 2. The van der Waals surface area contributed by atoms with E-state index in [0.717, 1.165) is 30.5 Å². The van der Waals surface area contributed by atoms with E-state index in [9.17, 15) is 9.59 Å². The molecular weight excluding hydrogens is 302 g/mol. The van der Waals surface area contributed by atoms with E-state index in [1.54, 1.807) is 0 Å². The molecule has 0 aromatic heterocycles. The second-order valence-electron chi connectivity index (χ2n) is 5.74. The Hall–Kier alpha value is -1.59. The Bertz CT molecular complexity index is 536. The quantitative estimate of drug-likeness (QED) is 0.794. The summed E-state index contributed by atoms with van der Waals surface area (Å²) in [6, 6.07) is 7.37. The minimum atomic E-state index is -0.112. The average Bonchev–Trinajstić information content (AvgIpc) is 2.84. The van der Waals surface area contributed by atoms with E-state index in [0.29, 0.717) is 0 Å². The molecule has 0 heterocycles. The van der Waals surface area contributed by atoms with Gasteiger partial charge in [0, 0.05) is 18.7 Å². The lowest BCUT2D eigenvalue weighted by molar-refractivity contribution is -0.125. The third kappa shape index (κ3) is 4.71. The van der Waals surface area contributed by atoms with Crippen LogP contribution >= 0.6 is 12.4 Å². The molecular formula is C16H24ClN3O2. The van der Waals surface area contributed by atoms with E-state index in [4.69, 9.17) is 5.73 Å². The first kappa shape index (κ1) is 18.5. The first-order chi connectivity index (χ1) is 9.97. The minimum absolute atomic E-state index is 0. The molecule has 6 heteroatoms. The Labute approximate surface area is 137 Å². The Morgan fingerprint density at radius 1 is 1.32 bits per heavy atom. The molecule has 0 bridgehead atoms. The number of rotatable bonds is 4. The first-order valence-electron chi connectivity index (χ1n) is 7.41. The number of amides is 2. The van der Waals surface area contributed by atoms with Gasteiger partial charge in [0.2, 0.25) is 11.8 Å². The maximum atomic E-state index is 12.2. The number of benzene rings is 1. The fourth-order valence-electron chi connectivity index (χ4n) is 2.81. The van der Waals surface area contributed by atoms with Gasteiger partial charge in [0.25, 0.3) is 0 Å². The molecule has 3 unspecified atom stereocenters. The third-order valence-corrected chi connectivity index (χ3v) is 3.97. The van der Waals surface area contributed by atoms with Crippen LogP contribution in [0, 0.1) is 5.92 Å². The second-order valence-corrected chi connectivity index (χ2v) is 5.74. The van der Waals surface area contributed by atoms with Gasteiger partial charge in [-0.1, -0.05) is 18.6 Å². The van der Waals surface area contributed by atoms with Gasteiger partial charge in [-0.05, 0) is 37.5 Å². The van der Waals surface area contributed by atoms with E-state index in [1.165, 1.54) is 6.92 Å². The highest BCUT2D eigenvalue weighted by molar-refractivity contribution is 5.88. The molecule has 0 saturated heterocycles. The van der Waals surface area contributed by atoms with Gasteiger partial charge in [0.1, 0.15) is 0 Å². The Kier molecular flexibility index (Phi) is 6.84. The first-order valence-corrected chi connectivity index (χ1v) is 7.41. The third-order valence-electron chi connectivity index (χ3n) is 3.97. The smallest absolute Gasteiger partial charge is 0.225 e. The Balaban J connectivity index is 0.00000242. The van der Waals surface area contributed by atoms with E-state index < -0.39 is 0 Å². The standard InChI is InChI=1S/C16H23N3O2.ClH/c1-10(18-16(21)14-7-4-8-15(14)17)12-5-3-6-13(9-12)19-11(2)20;/h3,5-6,9-10,14-15H,4,7-8,17H2,1-2H3,(H,18,21)(H,19,20);1H. The summed E-state index contributed by atoms with van der Waals surface area (Å²) in [4.78, 5) is 23.3. The molecule has 0 aliphatic heterocycles. The van der Waals surface area contributed by atoms with Crippen molar-refractivity contribution in [3.8, 4) is 0 Å². The lowest BCUT2D eigenvalue weighted by Crippen LogP contribution is -2.39. The van der Waals surface area contributed by atoms with E-state index in [-0.39, 0.29) is 42.2 Å². The van der Waals surface area contributed by atoms with Crippen LogP contribution in [-0.4, -0.2) is 17.9 Å². The van der Waals surface area contributed by atoms with Crippen LogP contribution in [0.3, 0.4) is 0 Å². The molecule has 5 nitrogen and oxygen atoms in total. The molecule has 2 rings (SSSR count). The summed E-state index contributed by atoms with van der Waals surface area (Å²) in [5, 5.41) is 5.76. The predicted octanol–water partition coefficient (Wildman–Crippen LogP) is 2.37. The van der Waals surface area contributed by atoms with Gasteiger partial charge in [-0.2, -0.15) is 0 Å². The molecule has 2 amide bonds. The summed E-state index contributed by atoms with van der Waals surface area (Å²) in [5.41, 5.74) is 7.66. The number of nitrogens with one attached hydrogen (secondary N) is 2. The maximum Gasteiger partial charge on any atom is 0.225 e. The number of nitrogens with two attached hydrogens (primary N) is 1. The highest BCUT2D eigenvalue weighted by Crippen LogP contribution is 2.25. The van der Waals surface area contributed by atoms with Crippen molar-refractivity contribution >= 4 is 29.9 Å². The topological polar surface area (TPSA) is 84.2 Å². The van der Waals surface area contributed by atoms with Crippen LogP contribution in [0.1, 0.15) is 44.7 Å². The summed E-state index contributed by atoms with van der Waals surface area (Å²) >= 11 is 0. The van der Waals surface area contributed by atoms with Crippen molar-refractivity contribution in [2.24, 2.45) is 11.7 Å². The zero-order valence-corrected chi connectivity index (χ0v) is 13.8. The van der Waals surface area contributed by atoms with Gasteiger partial charge >= 0.3 is 0 Å². The van der Waals surface area contributed by atoms with Crippen LogP contribution in [0.2, 0.25) is 0 Å². The zero-order chi connectivity index (χ0) is 15.4. The highest BCUT2D eigenvalue weighted by atomic mass is 35.5. The molecule has 0 radical (unpaired) electrons. The van der Waals surface area contributed by atoms with Crippen molar-refractivity contribution in [1.29, 1.82) is 0 Å². The lowest BCUT2D eigenvalue weighted by Gasteiger charge is -2.20. The van der Waals surface area contributed by atoms with E-state index in [2.05, 4.69) is 10.6 Å². The van der Waals surface area contributed by atoms with E-state index in [1.807, 2.05) is 31.2 Å². The maximum absolute atomic E-state index is 12.2. The molecule has 22 heavy (non-hydrogen) atoms. The van der Waals surface area contributed by atoms with Gasteiger partial charge in [0.05, 0.1) is 12.0 Å². The molecule has 1 fully saturated rings. The number of halogens is 1. The van der Waals surface area contributed by atoms with Crippen molar-refractivity contribution < 1.29 is 9.59 Å². The number of carbonyl (C=O) groups excluding carboxylic acids is 2. The van der Waals surface area contributed by atoms with Crippen molar-refractivity contribution in [3.05, 3.63) is 29.8 Å². The van der Waals surface area contributed by atoms with Gasteiger partial charge in [-0.3, -0.25) is 9.59 Å². The molecule has 1 aliphatic carbocycles. The van der Waals surface area contributed by atoms with Crippen LogP contribution < -0.4 is 16.4 Å². The number of hydrogen-bond acceptors (Lipinski definition) is 3. The number of hydrogen-bond donors (Lipinski definition) is 3. The molecule has 0 spiro atoms. The molecule has 1 saturated carbocycles. The lowest BCUT2D eigenvalue weighted by atomic mass is 10.0. The van der Waals surface area contributed by atoms with Gasteiger partial charge in [0.15, 0.2) is 0 Å². The molecule has 1 aromatic carbocycles. The molecule has 4 N–H and O–H groups in total. The van der Waals surface area contributed by atoms with Crippen molar-refractivity contribution in [2.45, 2.75) is 45.2 Å². The van der Waals surface area contributed by atoms with Crippen LogP contribution in [0.4, 0.5) is 5.69 Å². The summed E-state index contributed by atoms with van der Waals surface area (Å²) in [6.07, 6.45) is 2.81. The van der Waals surface area contributed by atoms with Crippen molar-refractivity contribution in [1.82, 2.24) is 5.32 Å². The minimum Gasteiger partial charge on any atom is -0.349 e. The predicted molar refractivity (Wildman–Crippen MR) is 89.9 cm³/mol. The Morgan fingerprint density at radius 2 is 2.05 bits per heavy atom. The summed E-state index contributed by atoms with van der Waals surface area (Å²) in [7, 11) is 0. The van der Waals surface area contributed by atoms with Gasteiger partial charge in [-0.15, -0.1) is 12.4 Å². The second kappa shape index (κ2) is 8.15. The Morgan fingerprint density at radius 3 is 2.64 bits per heavy atom. The zero-order valence-electron chi connectivity index (χ0n) is 13.0. The monoisotopic (exact) mass is 325 g/mol. The molecule has 1 aliphatic rings. The normalized spacial score (nSPS) is 21.6. The number of anilines is 1. The largest absolute Gasteiger partial charge is 0.349 e. The van der Waals surface area contributed by atoms with Crippen LogP contribution in [0.15, 0.2) is 24.3 Å². The van der Waals surface area contributed by atoms with Crippen LogP contribution in [0.5, 0.6) is 0 Å². The fourth-order valence-corrected chi connectivity index (χ4v) is 2.81. The van der Waals surface area contributed by atoms with Gasteiger partial charge < -0.3 is 16.4 Å². The van der Waals surface area contributed by atoms with Crippen LogP contribution in [0.25, 0.3) is 0 Å². The summed E-state index contributed by atoms with van der Waals surface area (Å²) < 4.78 is 0. The summed E-state index contributed by atoms with van der Waals surface area (Å²) in [5.74, 6) is -0.163. The molecule has 1 aromatic rings. The highest BCUT2D eigenvalue weighted by Gasteiger charge is 2.30. The summed E-state index contributed by atoms with van der Waals surface area (Å²) in [6.45, 7) is 3.41. The average molecular weight is 326 g/mol. The van der Waals surface area contributed by atoms with E-state index >= 15 is 0 Å². The van der Waals surface area contributed by atoms with Crippen molar-refractivity contribution in [3.63, 3.8) is 0 Å². The van der Waals surface area contributed by atoms with Gasteiger partial charge in [-0.25, -0.2) is 0 Å². The SMILES string of the molecule is CC(=O)Nc1cccc(C(C)NC(=O)C2CCCC2N)c1.Cl.